The lowest BCUT2D eigenvalue weighted by molar-refractivity contribution is -0.137. The first-order chi connectivity index (χ1) is 25.3. The highest BCUT2D eigenvalue weighted by molar-refractivity contribution is 6.09. The quantitative estimate of drug-likeness (QED) is 0.127. The first kappa shape index (κ1) is 39.1. The number of ether oxygens (including phenoxy) is 1. The molecule has 4 N–H and O–H groups in total. The molecule has 10 nitrogen and oxygen atoms in total. The van der Waals surface area contributed by atoms with Crippen molar-refractivity contribution < 1.29 is 32.3 Å². The summed E-state index contributed by atoms with van der Waals surface area (Å²) in [4.78, 5) is 49.3. The van der Waals surface area contributed by atoms with E-state index in [0.29, 0.717) is 54.3 Å². The number of rotatable bonds is 14. The summed E-state index contributed by atoms with van der Waals surface area (Å²) in [7, 11) is 0. The van der Waals surface area contributed by atoms with Crippen molar-refractivity contribution in [3.8, 4) is 11.3 Å². The lowest BCUT2D eigenvalue weighted by atomic mass is 9.88. The molecule has 2 amide bonds. The Morgan fingerprint density at radius 3 is 2.30 bits per heavy atom. The molecule has 0 bridgehead atoms. The maximum Gasteiger partial charge on any atom is 0.416 e. The van der Waals surface area contributed by atoms with Gasteiger partial charge in [-0.05, 0) is 87.4 Å². The molecule has 1 atom stereocenters. The number of hydrogen-bond acceptors (Lipinski definition) is 8. The lowest BCUT2D eigenvalue weighted by Crippen LogP contribution is -2.48. The van der Waals surface area contributed by atoms with E-state index in [-0.39, 0.29) is 23.5 Å². The molecule has 0 saturated carbocycles. The molecule has 1 aromatic heterocycles. The molecule has 0 aliphatic carbocycles. The van der Waals surface area contributed by atoms with Gasteiger partial charge >= 0.3 is 6.18 Å². The highest BCUT2D eigenvalue weighted by atomic mass is 19.4. The van der Waals surface area contributed by atoms with Crippen LogP contribution >= 0.6 is 0 Å². The minimum absolute atomic E-state index is 0.113. The van der Waals surface area contributed by atoms with E-state index in [1.54, 1.807) is 37.3 Å². The smallest absolute Gasteiger partial charge is 0.379 e. The first-order valence-corrected chi connectivity index (χ1v) is 17.6. The molecule has 1 saturated heterocycles. The fraction of sp³-hybridized carbons (Fsp3) is 0.350. The molecule has 1 unspecified atom stereocenters. The summed E-state index contributed by atoms with van der Waals surface area (Å²) in [6.07, 6.45) is -2.59. The third-order valence-corrected chi connectivity index (χ3v) is 9.34. The number of carbonyl (C=O) groups excluding carboxylic acids is 3. The van der Waals surface area contributed by atoms with E-state index >= 15 is 0 Å². The van der Waals surface area contributed by atoms with Crippen LogP contribution in [-0.4, -0.2) is 79.0 Å². The van der Waals surface area contributed by atoms with Crippen LogP contribution in [0, 0.1) is 0 Å². The third kappa shape index (κ3) is 10.1. The summed E-state index contributed by atoms with van der Waals surface area (Å²) >= 11 is 0. The number of Topliss-reactive ketones (excluding diaryl/α,β-unsaturated/α-hetero) is 1. The zero-order chi connectivity index (χ0) is 38.2. The third-order valence-electron chi connectivity index (χ3n) is 9.34. The van der Waals surface area contributed by atoms with Crippen LogP contribution in [0.3, 0.4) is 0 Å². The Kier molecular flexibility index (Phi) is 12.7. The lowest BCUT2D eigenvalue weighted by Gasteiger charge is -2.30. The van der Waals surface area contributed by atoms with Gasteiger partial charge in [-0.15, -0.1) is 0 Å². The molecule has 53 heavy (non-hydrogen) atoms. The van der Waals surface area contributed by atoms with Gasteiger partial charge in [0, 0.05) is 73.4 Å². The van der Waals surface area contributed by atoms with Gasteiger partial charge in [0.15, 0.2) is 5.78 Å². The van der Waals surface area contributed by atoms with Crippen LogP contribution in [0.15, 0.2) is 85.1 Å². The van der Waals surface area contributed by atoms with E-state index in [1.807, 2.05) is 26.0 Å². The topological polar surface area (TPSA) is 130 Å². The summed E-state index contributed by atoms with van der Waals surface area (Å²) < 4.78 is 45.0. The number of anilines is 2. The molecule has 1 aliphatic heterocycles. The van der Waals surface area contributed by atoms with Crippen molar-refractivity contribution in [3.05, 3.63) is 113 Å². The first-order valence-electron chi connectivity index (χ1n) is 17.6. The fourth-order valence-electron chi connectivity index (χ4n) is 6.15. The number of ketones is 1. The number of carbonyl (C=O) groups is 3. The van der Waals surface area contributed by atoms with Crippen LogP contribution in [0.2, 0.25) is 0 Å². The van der Waals surface area contributed by atoms with E-state index in [2.05, 4.69) is 25.4 Å². The maximum atomic E-state index is 13.7. The number of hydrogen-bond donors (Lipinski definition) is 3. The van der Waals surface area contributed by atoms with Gasteiger partial charge in [0.2, 0.25) is 0 Å². The number of alkyl halides is 3. The largest absolute Gasteiger partial charge is 0.416 e. The molecule has 0 radical (unpaired) electrons. The van der Waals surface area contributed by atoms with Gasteiger partial charge in [0.1, 0.15) is 0 Å². The molecular weight excluding hydrogens is 685 g/mol. The Labute approximate surface area is 307 Å². The average Bonchev–Trinajstić information content (AvgIpc) is 3.17. The minimum atomic E-state index is -4.50. The molecular formula is C40H45F3N6O4. The summed E-state index contributed by atoms with van der Waals surface area (Å²) in [5, 5.41) is 5.64. The van der Waals surface area contributed by atoms with Crippen molar-refractivity contribution >= 4 is 29.0 Å². The molecule has 1 aliphatic rings. The molecule has 4 aromatic rings. The molecule has 3 aromatic carbocycles. The van der Waals surface area contributed by atoms with E-state index in [9.17, 15) is 27.6 Å². The maximum absolute atomic E-state index is 13.7. The molecule has 5 rings (SSSR count). The van der Waals surface area contributed by atoms with E-state index < -0.39 is 29.1 Å². The highest BCUT2D eigenvalue weighted by Crippen LogP contribution is 2.33. The number of amides is 2. The second-order valence-corrected chi connectivity index (χ2v) is 13.2. The normalized spacial score (nSPS) is 14.6. The Balaban J connectivity index is 1.36. The Hall–Kier alpha value is -5.11. The number of pyridine rings is 1. The van der Waals surface area contributed by atoms with Gasteiger partial charge in [-0.2, -0.15) is 13.2 Å². The SMILES string of the molecule is CCN(CC)c1ccc(NC(=O)c2cccc(C(=O)C(C)(N)CCN3CCOCC3)c2)c(-c2cc(C(=O)NCc3cccc(C(F)(F)F)c3)ccn2)c1. The van der Waals surface area contributed by atoms with E-state index in [0.717, 1.165) is 44.0 Å². The highest BCUT2D eigenvalue weighted by Gasteiger charge is 2.31. The summed E-state index contributed by atoms with van der Waals surface area (Å²) in [5.41, 5.74) is 7.93. The van der Waals surface area contributed by atoms with Crippen LogP contribution in [0.1, 0.15) is 69.4 Å². The van der Waals surface area contributed by atoms with Crippen molar-refractivity contribution in [2.75, 3.05) is 56.2 Å². The molecule has 280 valence electrons. The number of halogens is 3. The second-order valence-electron chi connectivity index (χ2n) is 13.2. The molecule has 2 heterocycles. The standard InChI is InChI=1S/C40H45F3N6O4/c1-4-49(5-2)32-12-13-34(47-38(52)29-10-7-9-28(23-29)36(50)39(3,44)15-17-48-18-20-53-21-19-48)33(25-32)35-24-30(14-16-45-35)37(51)46-26-27-8-6-11-31(22-27)40(41,42)43/h6-14,16,22-25H,4-5,15,17-21,26,44H2,1-3H3,(H,46,51)(H,47,52). The van der Waals surface area contributed by atoms with Crippen molar-refractivity contribution in [1.82, 2.24) is 15.2 Å². The van der Waals surface area contributed by atoms with Crippen molar-refractivity contribution in [2.24, 2.45) is 5.73 Å². The summed E-state index contributed by atoms with van der Waals surface area (Å²) in [5.74, 6) is -1.23. The second kappa shape index (κ2) is 17.1. The predicted octanol–water partition coefficient (Wildman–Crippen LogP) is 6.42. The van der Waals surface area contributed by atoms with Crippen molar-refractivity contribution in [1.29, 1.82) is 0 Å². The van der Waals surface area contributed by atoms with E-state index in [4.69, 9.17) is 10.5 Å². The average molecular weight is 731 g/mol. The van der Waals surface area contributed by atoms with Crippen LogP contribution in [0.4, 0.5) is 24.5 Å². The number of nitrogens with two attached hydrogens (primary N) is 1. The zero-order valence-electron chi connectivity index (χ0n) is 30.1. The Bertz CT molecular complexity index is 1920. The minimum Gasteiger partial charge on any atom is -0.379 e. The van der Waals surface area contributed by atoms with Crippen LogP contribution in [0.25, 0.3) is 11.3 Å². The summed E-state index contributed by atoms with van der Waals surface area (Å²) in [6, 6.07) is 19.8. The van der Waals surface area contributed by atoms with Crippen LogP contribution in [-0.2, 0) is 17.5 Å². The van der Waals surface area contributed by atoms with E-state index in [1.165, 1.54) is 30.5 Å². The zero-order valence-corrected chi connectivity index (χ0v) is 30.1. The predicted molar refractivity (Wildman–Crippen MR) is 199 cm³/mol. The van der Waals surface area contributed by atoms with Crippen LogP contribution in [0.5, 0.6) is 0 Å². The fourth-order valence-corrected chi connectivity index (χ4v) is 6.15. The van der Waals surface area contributed by atoms with Gasteiger partial charge in [0.05, 0.1) is 35.7 Å². The van der Waals surface area contributed by atoms with Crippen molar-refractivity contribution in [3.63, 3.8) is 0 Å². The Morgan fingerprint density at radius 2 is 1.58 bits per heavy atom. The van der Waals surface area contributed by atoms with Gasteiger partial charge in [-0.1, -0.05) is 24.3 Å². The molecule has 0 spiro atoms. The van der Waals surface area contributed by atoms with Gasteiger partial charge in [0.25, 0.3) is 11.8 Å². The monoisotopic (exact) mass is 730 g/mol. The van der Waals surface area contributed by atoms with Gasteiger partial charge < -0.3 is 26.0 Å². The number of morpholine rings is 1. The number of aromatic nitrogens is 1. The summed E-state index contributed by atoms with van der Waals surface area (Å²) in [6.45, 7) is 10.6. The Morgan fingerprint density at radius 1 is 0.887 bits per heavy atom. The number of nitrogens with one attached hydrogen (secondary N) is 2. The van der Waals surface area contributed by atoms with Gasteiger partial charge in [-0.25, -0.2) is 0 Å². The van der Waals surface area contributed by atoms with Crippen LogP contribution < -0.4 is 21.3 Å². The number of nitrogens with zero attached hydrogens (tertiary/aromatic N) is 3. The number of benzene rings is 3. The van der Waals surface area contributed by atoms with Crippen molar-refractivity contribution in [2.45, 2.75) is 45.5 Å². The van der Waals surface area contributed by atoms with Gasteiger partial charge in [-0.3, -0.25) is 24.3 Å². The molecule has 13 heteroatoms. The molecule has 1 fully saturated rings.